The van der Waals surface area contributed by atoms with Crippen LogP contribution >= 0.6 is 0 Å². The standard InChI is InChI=1S/C18H25N3/c1-2-13-5-7-14(8-6-13)12-21-17-10-9-16-15(18(17)19)4-3-11-20-16/h3-4,9-11,13-14,21H,2,5-8,12,19H2,1H3. The predicted molar refractivity (Wildman–Crippen MR) is 90.4 cm³/mol. The molecular weight excluding hydrogens is 258 g/mol. The molecule has 2 aromatic rings. The van der Waals surface area contributed by atoms with Crippen molar-refractivity contribution in [1.82, 2.24) is 4.98 Å². The summed E-state index contributed by atoms with van der Waals surface area (Å²) in [4.78, 5) is 4.34. The van der Waals surface area contributed by atoms with E-state index in [0.29, 0.717) is 0 Å². The van der Waals surface area contributed by atoms with E-state index in [4.69, 9.17) is 5.73 Å². The second-order valence-corrected chi connectivity index (χ2v) is 6.27. The van der Waals surface area contributed by atoms with Gasteiger partial charge in [-0.3, -0.25) is 4.98 Å². The van der Waals surface area contributed by atoms with E-state index in [1.54, 1.807) is 6.20 Å². The lowest BCUT2D eigenvalue weighted by Gasteiger charge is -2.28. The van der Waals surface area contributed by atoms with Crippen molar-refractivity contribution in [3.8, 4) is 0 Å². The Labute approximate surface area is 127 Å². The highest BCUT2D eigenvalue weighted by atomic mass is 14.9. The van der Waals surface area contributed by atoms with Crippen LogP contribution in [0.5, 0.6) is 0 Å². The van der Waals surface area contributed by atoms with Gasteiger partial charge in [0, 0.05) is 18.1 Å². The molecule has 1 aliphatic rings. The van der Waals surface area contributed by atoms with Crippen LogP contribution in [0.2, 0.25) is 0 Å². The number of fused-ring (bicyclic) bond motifs is 1. The van der Waals surface area contributed by atoms with Gasteiger partial charge in [0.25, 0.3) is 0 Å². The van der Waals surface area contributed by atoms with Gasteiger partial charge in [0.05, 0.1) is 16.9 Å². The molecule has 1 fully saturated rings. The number of nitrogens with one attached hydrogen (secondary N) is 1. The fourth-order valence-electron chi connectivity index (χ4n) is 3.43. The second-order valence-electron chi connectivity index (χ2n) is 6.27. The maximum Gasteiger partial charge on any atom is 0.0724 e. The Hall–Kier alpha value is -1.77. The van der Waals surface area contributed by atoms with Gasteiger partial charge in [-0.2, -0.15) is 0 Å². The van der Waals surface area contributed by atoms with Crippen molar-refractivity contribution in [1.29, 1.82) is 0 Å². The van der Waals surface area contributed by atoms with Crippen LogP contribution in [-0.2, 0) is 0 Å². The summed E-state index contributed by atoms with van der Waals surface area (Å²) in [5, 5.41) is 4.59. The van der Waals surface area contributed by atoms with Gasteiger partial charge in [0.15, 0.2) is 0 Å². The molecule has 3 rings (SSSR count). The molecule has 0 bridgehead atoms. The third-order valence-corrected chi connectivity index (χ3v) is 4.95. The van der Waals surface area contributed by atoms with Crippen LogP contribution in [0, 0.1) is 11.8 Å². The van der Waals surface area contributed by atoms with Crippen LogP contribution in [0.4, 0.5) is 11.4 Å². The molecule has 1 aliphatic carbocycles. The topological polar surface area (TPSA) is 50.9 Å². The maximum absolute atomic E-state index is 6.28. The number of rotatable bonds is 4. The van der Waals surface area contributed by atoms with Crippen molar-refractivity contribution >= 4 is 22.3 Å². The molecule has 3 N–H and O–H groups in total. The van der Waals surface area contributed by atoms with E-state index < -0.39 is 0 Å². The van der Waals surface area contributed by atoms with E-state index in [0.717, 1.165) is 40.7 Å². The monoisotopic (exact) mass is 283 g/mol. The fraction of sp³-hybridized carbons (Fsp3) is 0.500. The number of pyridine rings is 1. The second kappa shape index (κ2) is 6.33. The first-order chi connectivity index (χ1) is 10.3. The minimum atomic E-state index is 0.789. The zero-order valence-corrected chi connectivity index (χ0v) is 12.8. The van der Waals surface area contributed by atoms with E-state index in [-0.39, 0.29) is 0 Å². The zero-order valence-electron chi connectivity index (χ0n) is 12.8. The highest BCUT2D eigenvalue weighted by Crippen LogP contribution is 2.32. The minimum absolute atomic E-state index is 0.789. The van der Waals surface area contributed by atoms with Crippen molar-refractivity contribution in [2.45, 2.75) is 39.0 Å². The Kier molecular flexibility index (Phi) is 4.28. The molecule has 0 saturated heterocycles. The first kappa shape index (κ1) is 14.2. The number of hydrogen-bond acceptors (Lipinski definition) is 3. The van der Waals surface area contributed by atoms with E-state index >= 15 is 0 Å². The number of hydrogen-bond donors (Lipinski definition) is 2. The summed E-state index contributed by atoms with van der Waals surface area (Å²) in [6, 6.07) is 8.08. The third-order valence-electron chi connectivity index (χ3n) is 4.95. The Balaban J connectivity index is 1.64. The molecule has 1 saturated carbocycles. The van der Waals surface area contributed by atoms with Crippen LogP contribution in [0.25, 0.3) is 10.9 Å². The molecule has 1 aromatic heterocycles. The van der Waals surface area contributed by atoms with Crippen molar-refractivity contribution in [3.05, 3.63) is 30.5 Å². The average molecular weight is 283 g/mol. The minimum Gasteiger partial charge on any atom is -0.397 e. The van der Waals surface area contributed by atoms with E-state index in [2.05, 4.69) is 23.3 Å². The zero-order chi connectivity index (χ0) is 14.7. The summed E-state index contributed by atoms with van der Waals surface area (Å²) in [5.41, 5.74) is 9.11. The Morgan fingerprint density at radius 3 is 2.67 bits per heavy atom. The van der Waals surface area contributed by atoms with Crippen LogP contribution in [0.3, 0.4) is 0 Å². The highest BCUT2D eigenvalue weighted by molar-refractivity contribution is 5.96. The lowest BCUT2D eigenvalue weighted by Crippen LogP contribution is -2.21. The van der Waals surface area contributed by atoms with E-state index in [9.17, 15) is 0 Å². The molecule has 0 aliphatic heterocycles. The summed E-state index contributed by atoms with van der Waals surface area (Å²) in [6.07, 6.45) is 8.62. The SMILES string of the molecule is CCC1CCC(CNc2ccc3ncccc3c2N)CC1. The summed E-state index contributed by atoms with van der Waals surface area (Å²) in [5.74, 6) is 1.75. The first-order valence-electron chi connectivity index (χ1n) is 8.15. The number of nitrogen functional groups attached to an aromatic ring is 1. The van der Waals surface area contributed by atoms with Gasteiger partial charge in [-0.05, 0) is 48.9 Å². The molecule has 3 heteroatoms. The Bertz CT molecular complexity index is 600. The van der Waals surface area contributed by atoms with Crippen molar-refractivity contribution in [2.24, 2.45) is 11.8 Å². The Morgan fingerprint density at radius 1 is 1.14 bits per heavy atom. The van der Waals surface area contributed by atoms with E-state index in [1.807, 2.05) is 18.2 Å². The van der Waals surface area contributed by atoms with Gasteiger partial charge in [-0.1, -0.05) is 26.2 Å². The summed E-state index contributed by atoms with van der Waals surface area (Å²) < 4.78 is 0. The molecule has 1 heterocycles. The van der Waals surface area contributed by atoms with Gasteiger partial charge >= 0.3 is 0 Å². The summed E-state index contributed by atoms with van der Waals surface area (Å²) in [6.45, 7) is 3.35. The maximum atomic E-state index is 6.28. The third kappa shape index (κ3) is 3.12. The molecule has 1 aromatic carbocycles. The first-order valence-corrected chi connectivity index (χ1v) is 8.15. The van der Waals surface area contributed by atoms with Gasteiger partial charge in [0.1, 0.15) is 0 Å². The lowest BCUT2D eigenvalue weighted by molar-refractivity contribution is 0.278. The van der Waals surface area contributed by atoms with Crippen LogP contribution in [0.1, 0.15) is 39.0 Å². The molecular formula is C18H25N3. The van der Waals surface area contributed by atoms with Crippen LogP contribution in [-0.4, -0.2) is 11.5 Å². The van der Waals surface area contributed by atoms with Gasteiger partial charge in [-0.25, -0.2) is 0 Å². The molecule has 112 valence electrons. The molecule has 21 heavy (non-hydrogen) atoms. The number of anilines is 2. The lowest BCUT2D eigenvalue weighted by atomic mass is 9.81. The largest absolute Gasteiger partial charge is 0.397 e. The number of aromatic nitrogens is 1. The normalized spacial score (nSPS) is 22.3. The summed E-state index contributed by atoms with van der Waals surface area (Å²) in [7, 11) is 0. The molecule has 3 nitrogen and oxygen atoms in total. The number of nitrogens with two attached hydrogens (primary N) is 1. The van der Waals surface area contributed by atoms with Crippen molar-refractivity contribution < 1.29 is 0 Å². The number of nitrogens with zero attached hydrogens (tertiary/aromatic N) is 1. The molecule has 0 atom stereocenters. The smallest absolute Gasteiger partial charge is 0.0724 e. The van der Waals surface area contributed by atoms with Gasteiger partial charge < -0.3 is 11.1 Å². The van der Waals surface area contributed by atoms with Crippen molar-refractivity contribution in [3.63, 3.8) is 0 Å². The molecule has 0 radical (unpaired) electrons. The summed E-state index contributed by atoms with van der Waals surface area (Å²) >= 11 is 0. The number of benzene rings is 1. The molecule has 0 amide bonds. The molecule has 0 unspecified atom stereocenters. The van der Waals surface area contributed by atoms with E-state index in [1.165, 1.54) is 32.1 Å². The molecule has 0 spiro atoms. The quantitative estimate of drug-likeness (QED) is 0.815. The van der Waals surface area contributed by atoms with Gasteiger partial charge in [-0.15, -0.1) is 0 Å². The highest BCUT2D eigenvalue weighted by Gasteiger charge is 2.19. The predicted octanol–water partition coefficient (Wildman–Crippen LogP) is 4.45. The van der Waals surface area contributed by atoms with Crippen LogP contribution in [0.15, 0.2) is 30.5 Å². The average Bonchev–Trinajstić information content (AvgIpc) is 2.55. The van der Waals surface area contributed by atoms with Gasteiger partial charge in [0.2, 0.25) is 0 Å². The van der Waals surface area contributed by atoms with Crippen LogP contribution < -0.4 is 11.1 Å². The Morgan fingerprint density at radius 2 is 1.90 bits per heavy atom. The van der Waals surface area contributed by atoms with Crippen molar-refractivity contribution in [2.75, 3.05) is 17.6 Å². The fourth-order valence-corrected chi connectivity index (χ4v) is 3.43.